The fraction of sp³-hybridized carbons (Fsp3) is 0.118. The lowest BCUT2D eigenvalue weighted by atomic mass is 10.1. The smallest absolute Gasteiger partial charge is 0.328 e. The monoisotopic (exact) mass is 283 g/mol. The second-order valence-corrected chi connectivity index (χ2v) is 4.94. The third kappa shape index (κ3) is 2.79. The molecule has 0 saturated carbocycles. The minimum absolute atomic E-state index is 0.373. The summed E-state index contributed by atoms with van der Waals surface area (Å²) in [7, 11) is 0. The summed E-state index contributed by atoms with van der Waals surface area (Å²) in [6.45, 7) is 0.797. The number of hydrogen-bond acceptors (Lipinski definition) is 2. The van der Waals surface area contributed by atoms with Crippen LogP contribution in [0.4, 0.5) is 15.8 Å². The summed E-state index contributed by atoms with van der Waals surface area (Å²) in [5, 5.41) is 8.66. The van der Waals surface area contributed by atoms with Crippen molar-refractivity contribution >= 4 is 23.4 Å². The van der Waals surface area contributed by atoms with E-state index >= 15 is 0 Å². The summed E-state index contributed by atoms with van der Waals surface area (Å²) in [4.78, 5) is 12.6. The number of para-hydroxylation sites is 1. The lowest BCUT2D eigenvalue weighted by molar-refractivity contribution is -0.131. The van der Waals surface area contributed by atoms with Crippen LogP contribution < -0.4 is 4.90 Å². The molecule has 0 fully saturated rings. The van der Waals surface area contributed by atoms with Gasteiger partial charge in [-0.15, -0.1) is 0 Å². The summed E-state index contributed by atoms with van der Waals surface area (Å²) in [5.74, 6) is -1.42. The Balaban J connectivity index is 1.98. The molecule has 0 unspecified atom stereocenters. The van der Waals surface area contributed by atoms with Crippen LogP contribution in [0.5, 0.6) is 0 Å². The van der Waals surface area contributed by atoms with Crippen LogP contribution in [-0.4, -0.2) is 17.6 Å². The summed E-state index contributed by atoms with van der Waals surface area (Å²) in [6.07, 6.45) is 3.33. The molecule has 1 aliphatic rings. The molecule has 1 heterocycles. The fourth-order valence-electron chi connectivity index (χ4n) is 2.62. The molecule has 21 heavy (non-hydrogen) atoms. The summed E-state index contributed by atoms with van der Waals surface area (Å²) in [5.41, 5.74) is 3.60. The molecule has 0 saturated heterocycles. The van der Waals surface area contributed by atoms with Gasteiger partial charge in [-0.05, 0) is 47.9 Å². The van der Waals surface area contributed by atoms with Gasteiger partial charge in [-0.2, -0.15) is 0 Å². The minimum atomic E-state index is -1.05. The zero-order valence-corrected chi connectivity index (χ0v) is 11.3. The predicted molar refractivity (Wildman–Crippen MR) is 80.2 cm³/mol. The first kappa shape index (κ1) is 13.4. The number of benzene rings is 2. The van der Waals surface area contributed by atoms with Crippen molar-refractivity contribution in [2.75, 3.05) is 11.4 Å². The molecule has 0 radical (unpaired) electrons. The van der Waals surface area contributed by atoms with Gasteiger partial charge in [0.25, 0.3) is 0 Å². The number of halogens is 1. The fourth-order valence-corrected chi connectivity index (χ4v) is 2.62. The SMILES string of the molecule is O=C(O)/C=C/c1cc(F)cc(N2CCc3ccccc32)c1. The van der Waals surface area contributed by atoms with Gasteiger partial charge >= 0.3 is 5.97 Å². The van der Waals surface area contributed by atoms with Crippen molar-refractivity contribution in [2.45, 2.75) is 6.42 Å². The van der Waals surface area contributed by atoms with Gasteiger partial charge in [0.15, 0.2) is 0 Å². The molecule has 0 amide bonds. The highest BCUT2D eigenvalue weighted by molar-refractivity contribution is 5.85. The quantitative estimate of drug-likeness (QED) is 0.875. The predicted octanol–water partition coefficient (Wildman–Crippen LogP) is 3.62. The summed E-state index contributed by atoms with van der Waals surface area (Å²) in [6, 6.07) is 12.6. The standard InChI is InChI=1S/C17H14FNO2/c18-14-9-12(5-6-17(20)21)10-15(11-14)19-8-7-13-3-1-2-4-16(13)19/h1-6,9-11H,7-8H2,(H,20,21)/b6-5+. The molecular weight excluding hydrogens is 269 g/mol. The Hall–Kier alpha value is -2.62. The minimum Gasteiger partial charge on any atom is -0.478 e. The number of rotatable bonds is 3. The van der Waals surface area contributed by atoms with Gasteiger partial charge < -0.3 is 10.0 Å². The van der Waals surface area contributed by atoms with Gasteiger partial charge in [0, 0.05) is 24.0 Å². The molecule has 4 heteroatoms. The Morgan fingerprint density at radius 1 is 1.24 bits per heavy atom. The lowest BCUT2D eigenvalue weighted by Gasteiger charge is -2.20. The van der Waals surface area contributed by atoms with Gasteiger partial charge in [-0.25, -0.2) is 9.18 Å². The van der Waals surface area contributed by atoms with E-state index in [1.54, 1.807) is 6.07 Å². The molecular formula is C17H14FNO2. The van der Waals surface area contributed by atoms with E-state index in [0.717, 1.165) is 30.4 Å². The van der Waals surface area contributed by atoms with E-state index < -0.39 is 5.97 Å². The first-order chi connectivity index (χ1) is 10.1. The number of aliphatic carboxylic acids is 1. The summed E-state index contributed by atoms with van der Waals surface area (Å²) < 4.78 is 13.8. The van der Waals surface area contributed by atoms with E-state index in [0.29, 0.717) is 5.56 Å². The van der Waals surface area contributed by atoms with Crippen LogP contribution >= 0.6 is 0 Å². The number of anilines is 2. The second-order valence-electron chi connectivity index (χ2n) is 4.94. The van der Waals surface area contributed by atoms with Crippen LogP contribution in [0.3, 0.4) is 0 Å². The Labute approximate surface area is 121 Å². The third-order valence-corrected chi connectivity index (χ3v) is 3.52. The first-order valence-corrected chi connectivity index (χ1v) is 6.70. The van der Waals surface area contributed by atoms with Crippen molar-refractivity contribution in [3.63, 3.8) is 0 Å². The van der Waals surface area contributed by atoms with Crippen molar-refractivity contribution in [1.82, 2.24) is 0 Å². The maximum absolute atomic E-state index is 13.8. The normalized spacial score (nSPS) is 13.7. The molecule has 2 aromatic rings. The Bertz CT molecular complexity index is 724. The highest BCUT2D eigenvalue weighted by Gasteiger charge is 2.20. The van der Waals surface area contributed by atoms with E-state index in [1.807, 2.05) is 18.2 Å². The maximum Gasteiger partial charge on any atom is 0.328 e. The van der Waals surface area contributed by atoms with E-state index in [2.05, 4.69) is 11.0 Å². The van der Waals surface area contributed by atoms with Gasteiger partial charge in [0.2, 0.25) is 0 Å². The van der Waals surface area contributed by atoms with Crippen molar-refractivity contribution < 1.29 is 14.3 Å². The molecule has 0 aliphatic carbocycles. The number of carbonyl (C=O) groups is 1. The first-order valence-electron chi connectivity index (χ1n) is 6.70. The molecule has 0 atom stereocenters. The largest absolute Gasteiger partial charge is 0.478 e. The molecule has 0 bridgehead atoms. The average molecular weight is 283 g/mol. The van der Waals surface area contributed by atoms with E-state index in [-0.39, 0.29) is 5.82 Å². The lowest BCUT2D eigenvalue weighted by Crippen LogP contribution is -2.13. The second kappa shape index (κ2) is 5.40. The highest BCUT2D eigenvalue weighted by Crippen LogP contribution is 2.35. The van der Waals surface area contributed by atoms with Crippen LogP contribution in [-0.2, 0) is 11.2 Å². The summed E-state index contributed by atoms with van der Waals surface area (Å²) >= 11 is 0. The molecule has 0 aromatic heterocycles. The molecule has 3 nitrogen and oxygen atoms in total. The molecule has 0 spiro atoms. The van der Waals surface area contributed by atoms with Crippen LogP contribution in [0.2, 0.25) is 0 Å². The molecule has 1 aliphatic heterocycles. The average Bonchev–Trinajstić information content (AvgIpc) is 2.88. The number of carboxylic acids is 1. The Morgan fingerprint density at radius 2 is 2.05 bits per heavy atom. The van der Waals surface area contributed by atoms with Gasteiger partial charge in [0.05, 0.1) is 0 Å². The highest BCUT2D eigenvalue weighted by atomic mass is 19.1. The molecule has 3 rings (SSSR count). The number of carboxylic acid groups (broad SMARTS) is 1. The number of fused-ring (bicyclic) bond motifs is 1. The van der Waals surface area contributed by atoms with Crippen LogP contribution in [0.1, 0.15) is 11.1 Å². The Kier molecular flexibility index (Phi) is 3.44. The zero-order chi connectivity index (χ0) is 14.8. The van der Waals surface area contributed by atoms with Crippen molar-refractivity contribution in [1.29, 1.82) is 0 Å². The number of hydrogen-bond donors (Lipinski definition) is 1. The van der Waals surface area contributed by atoms with Gasteiger partial charge in [0.1, 0.15) is 5.82 Å². The van der Waals surface area contributed by atoms with Crippen molar-refractivity contribution in [2.24, 2.45) is 0 Å². The van der Waals surface area contributed by atoms with E-state index in [4.69, 9.17) is 5.11 Å². The van der Waals surface area contributed by atoms with E-state index in [1.165, 1.54) is 23.8 Å². The maximum atomic E-state index is 13.8. The Morgan fingerprint density at radius 3 is 2.86 bits per heavy atom. The van der Waals surface area contributed by atoms with Crippen molar-refractivity contribution in [3.8, 4) is 0 Å². The molecule has 106 valence electrons. The van der Waals surface area contributed by atoms with E-state index in [9.17, 15) is 9.18 Å². The topological polar surface area (TPSA) is 40.5 Å². The van der Waals surface area contributed by atoms with Gasteiger partial charge in [-0.1, -0.05) is 18.2 Å². The van der Waals surface area contributed by atoms with Gasteiger partial charge in [-0.3, -0.25) is 0 Å². The van der Waals surface area contributed by atoms with Crippen LogP contribution in [0, 0.1) is 5.82 Å². The molecule has 1 N–H and O–H groups in total. The number of nitrogens with zero attached hydrogens (tertiary/aromatic N) is 1. The zero-order valence-electron chi connectivity index (χ0n) is 11.3. The molecule has 2 aromatic carbocycles. The van der Waals surface area contributed by atoms with Crippen molar-refractivity contribution in [3.05, 3.63) is 65.5 Å². The van der Waals surface area contributed by atoms with Crippen LogP contribution in [0.15, 0.2) is 48.5 Å². The third-order valence-electron chi connectivity index (χ3n) is 3.52. The van der Waals surface area contributed by atoms with Crippen LogP contribution in [0.25, 0.3) is 6.08 Å².